The van der Waals surface area contributed by atoms with E-state index in [1.807, 2.05) is 7.05 Å². The number of piperazine rings is 1. The van der Waals surface area contributed by atoms with E-state index in [2.05, 4.69) is 35.4 Å². The van der Waals surface area contributed by atoms with Crippen molar-refractivity contribution in [3.8, 4) is 5.88 Å². The maximum atomic E-state index is 15.6. The third-order valence-electron chi connectivity index (χ3n) is 9.13. The van der Waals surface area contributed by atoms with Crippen molar-refractivity contribution in [3.05, 3.63) is 64.5 Å². The first kappa shape index (κ1) is 37.1. The number of anilines is 1. The van der Waals surface area contributed by atoms with Gasteiger partial charge in [-0.1, -0.05) is 29.8 Å². The predicted molar refractivity (Wildman–Crippen MR) is 178 cm³/mol. The quantitative estimate of drug-likeness (QED) is 0.194. The lowest BCUT2D eigenvalue weighted by Gasteiger charge is -2.35. The van der Waals surface area contributed by atoms with Crippen molar-refractivity contribution in [2.75, 3.05) is 45.7 Å². The second kappa shape index (κ2) is 16.7. The van der Waals surface area contributed by atoms with Crippen LogP contribution in [0.15, 0.2) is 42.7 Å². The van der Waals surface area contributed by atoms with Crippen LogP contribution >= 0.6 is 11.5 Å². The normalized spacial score (nSPS) is 17.8. The Morgan fingerprint density at radius 3 is 2.44 bits per heavy atom. The standard InChI is InChI=1S/C33H41F3N8O5S/c1-43-12-14-44(15-13-43)31(47)25(40-29(45)26-19-38-42-50-26)17-20-8-10-24(23(34)16-20)39-30(46)28(21-6-4-3-5-7-21)41-32(48)33(35,36)22-9-11-27(49-2)37-18-22/h8-11,16,18-19,21,25,28-29,40,45H,3-7,12-15,17H2,1-2H3,(H,39,46)(H,41,48)/t25-,28+,29?/m1/s1. The number of methoxy groups -OCH3 is 1. The number of carbonyl (C=O) groups is 3. The lowest BCUT2D eigenvalue weighted by molar-refractivity contribution is -0.149. The van der Waals surface area contributed by atoms with Crippen LogP contribution in [0.4, 0.5) is 18.9 Å². The highest BCUT2D eigenvalue weighted by Gasteiger charge is 2.44. The summed E-state index contributed by atoms with van der Waals surface area (Å²) in [6.45, 7) is 2.35. The first-order valence-electron chi connectivity index (χ1n) is 16.4. The Hall–Kier alpha value is -4.19. The van der Waals surface area contributed by atoms with E-state index in [9.17, 15) is 19.5 Å². The van der Waals surface area contributed by atoms with E-state index in [0.717, 1.165) is 43.1 Å². The first-order valence-corrected chi connectivity index (χ1v) is 17.2. The van der Waals surface area contributed by atoms with Gasteiger partial charge >= 0.3 is 5.92 Å². The fourth-order valence-corrected chi connectivity index (χ4v) is 6.63. The largest absolute Gasteiger partial charge is 0.481 e. The van der Waals surface area contributed by atoms with Crippen molar-refractivity contribution < 1.29 is 37.4 Å². The molecule has 2 fully saturated rings. The van der Waals surface area contributed by atoms with Crippen LogP contribution in [0.1, 0.15) is 54.3 Å². The molecule has 4 N–H and O–H groups in total. The van der Waals surface area contributed by atoms with Crippen molar-refractivity contribution in [2.45, 2.75) is 62.8 Å². The summed E-state index contributed by atoms with van der Waals surface area (Å²) in [6, 6.07) is 3.97. The maximum Gasteiger partial charge on any atom is 0.351 e. The van der Waals surface area contributed by atoms with Gasteiger partial charge in [-0.25, -0.2) is 9.37 Å². The Balaban J connectivity index is 1.30. The number of hydrogen-bond acceptors (Lipinski definition) is 11. The number of benzene rings is 1. The van der Waals surface area contributed by atoms with Crippen LogP contribution in [0.2, 0.25) is 0 Å². The monoisotopic (exact) mass is 718 g/mol. The SMILES string of the molecule is COc1ccc(C(F)(F)C(=O)N[C@H](C(=O)Nc2ccc(C[C@@H](NC(O)c3cnns3)C(=O)N3CCN(C)CC3)cc2F)C2CCCCC2)cn1. The summed E-state index contributed by atoms with van der Waals surface area (Å²) in [4.78, 5) is 48.0. The summed E-state index contributed by atoms with van der Waals surface area (Å²) in [5.41, 5.74) is -0.485. The summed E-state index contributed by atoms with van der Waals surface area (Å²) in [5.74, 6) is -7.94. The number of rotatable bonds is 13. The van der Waals surface area contributed by atoms with E-state index in [0.29, 0.717) is 49.5 Å². The van der Waals surface area contributed by atoms with Gasteiger partial charge in [-0.15, -0.1) is 5.10 Å². The molecule has 3 heterocycles. The fourth-order valence-electron chi connectivity index (χ4n) is 6.18. The first-order chi connectivity index (χ1) is 24.0. The Morgan fingerprint density at radius 2 is 1.82 bits per heavy atom. The summed E-state index contributed by atoms with van der Waals surface area (Å²) < 4.78 is 54.7. The number of halogens is 3. The molecular formula is C33H41F3N8O5S. The van der Waals surface area contributed by atoms with Gasteiger partial charge in [0.15, 0.2) is 0 Å². The van der Waals surface area contributed by atoms with Gasteiger partial charge in [-0.3, -0.25) is 19.7 Å². The zero-order valence-electron chi connectivity index (χ0n) is 27.8. The van der Waals surface area contributed by atoms with Gasteiger partial charge in [0.1, 0.15) is 18.1 Å². The van der Waals surface area contributed by atoms with Gasteiger partial charge in [0, 0.05) is 44.0 Å². The number of carbonyl (C=O) groups excluding carboxylic acids is 3. The van der Waals surface area contributed by atoms with E-state index in [1.165, 1.54) is 37.6 Å². The molecule has 5 rings (SSSR count). The second-order valence-corrected chi connectivity index (χ2v) is 13.4. The molecule has 0 radical (unpaired) electrons. The predicted octanol–water partition coefficient (Wildman–Crippen LogP) is 2.84. The van der Waals surface area contributed by atoms with E-state index >= 15 is 13.2 Å². The molecule has 270 valence electrons. The van der Waals surface area contributed by atoms with Gasteiger partial charge in [0.2, 0.25) is 17.7 Å². The van der Waals surface area contributed by atoms with Gasteiger partial charge in [0.25, 0.3) is 5.91 Å². The zero-order valence-corrected chi connectivity index (χ0v) is 28.6. The van der Waals surface area contributed by atoms with Crippen molar-refractivity contribution in [1.82, 2.24) is 35.0 Å². The van der Waals surface area contributed by atoms with Gasteiger partial charge in [0.05, 0.1) is 29.9 Å². The number of aliphatic hydroxyl groups is 1. The Labute approximate surface area is 291 Å². The molecular weight excluding hydrogens is 677 g/mol. The van der Waals surface area contributed by atoms with Gasteiger partial charge in [-0.2, -0.15) is 8.78 Å². The smallest absolute Gasteiger partial charge is 0.351 e. The number of alkyl halides is 2. The molecule has 0 spiro atoms. The van der Waals surface area contributed by atoms with Crippen molar-refractivity contribution in [2.24, 2.45) is 5.92 Å². The number of likely N-dealkylation sites (N-methyl/N-ethyl adjacent to an activating group) is 1. The average molecular weight is 719 g/mol. The van der Waals surface area contributed by atoms with E-state index in [-0.39, 0.29) is 23.9 Å². The van der Waals surface area contributed by atoms with Gasteiger partial charge in [-0.05, 0) is 67.5 Å². The van der Waals surface area contributed by atoms with Crippen LogP contribution in [0.25, 0.3) is 0 Å². The molecule has 3 atom stereocenters. The van der Waals surface area contributed by atoms with Crippen LogP contribution in [0, 0.1) is 11.7 Å². The minimum atomic E-state index is -4.00. The lowest BCUT2D eigenvalue weighted by atomic mass is 9.83. The van der Waals surface area contributed by atoms with Crippen molar-refractivity contribution in [3.63, 3.8) is 0 Å². The molecule has 1 unspecified atom stereocenters. The van der Waals surface area contributed by atoms with Crippen LogP contribution in [0.3, 0.4) is 0 Å². The van der Waals surface area contributed by atoms with Crippen molar-refractivity contribution in [1.29, 1.82) is 0 Å². The number of pyridine rings is 1. The molecule has 3 amide bonds. The number of aromatic nitrogens is 3. The third kappa shape index (κ3) is 9.12. The summed E-state index contributed by atoms with van der Waals surface area (Å²) >= 11 is 0.974. The fraction of sp³-hybridized carbons (Fsp3) is 0.515. The Kier molecular flexibility index (Phi) is 12.4. The molecule has 1 aromatic carbocycles. The molecule has 2 aliphatic rings. The van der Waals surface area contributed by atoms with Crippen LogP contribution in [0.5, 0.6) is 5.88 Å². The summed E-state index contributed by atoms with van der Waals surface area (Å²) in [7, 11) is 3.29. The third-order valence-corrected chi connectivity index (χ3v) is 9.85. The van der Waals surface area contributed by atoms with E-state index in [1.54, 1.807) is 4.90 Å². The molecule has 1 aliphatic carbocycles. The molecule has 1 saturated carbocycles. The van der Waals surface area contributed by atoms with Crippen LogP contribution in [-0.2, 0) is 26.7 Å². The summed E-state index contributed by atoms with van der Waals surface area (Å²) in [5, 5.41) is 22.1. The van der Waals surface area contributed by atoms with E-state index < -0.39 is 53.3 Å². The highest BCUT2D eigenvalue weighted by Crippen LogP contribution is 2.32. The number of aliphatic hydroxyl groups excluding tert-OH is 1. The average Bonchev–Trinajstić information content (AvgIpc) is 3.67. The molecule has 1 aliphatic heterocycles. The zero-order chi connectivity index (χ0) is 35.8. The molecule has 1 saturated heterocycles. The molecule has 2 aromatic heterocycles. The van der Waals surface area contributed by atoms with Gasteiger partial charge < -0.3 is 30.3 Å². The van der Waals surface area contributed by atoms with E-state index in [4.69, 9.17) is 4.74 Å². The number of nitrogens with zero attached hydrogens (tertiary/aromatic N) is 5. The van der Waals surface area contributed by atoms with Crippen LogP contribution in [-0.4, -0.2) is 99.6 Å². The topological polar surface area (TPSA) is 162 Å². The minimum absolute atomic E-state index is 0.00959. The molecule has 13 nitrogen and oxygen atoms in total. The highest BCUT2D eigenvalue weighted by atomic mass is 32.1. The number of amides is 3. The summed E-state index contributed by atoms with van der Waals surface area (Å²) in [6.07, 6.45) is 4.45. The van der Waals surface area contributed by atoms with Crippen LogP contribution < -0.4 is 20.7 Å². The maximum absolute atomic E-state index is 15.6. The molecule has 17 heteroatoms. The molecule has 50 heavy (non-hydrogen) atoms. The lowest BCUT2D eigenvalue weighted by Crippen LogP contribution is -2.54. The minimum Gasteiger partial charge on any atom is -0.481 e. The second-order valence-electron chi connectivity index (χ2n) is 12.6. The number of hydrogen-bond donors (Lipinski definition) is 4. The number of ether oxygens (including phenoxy) is 1. The molecule has 0 bridgehead atoms. The number of nitrogens with one attached hydrogen (secondary N) is 3. The molecule has 3 aromatic rings. The Bertz CT molecular complexity index is 1600. The Morgan fingerprint density at radius 1 is 1.08 bits per heavy atom. The highest BCUT2D eigenvalue weighted by molar-refractivity contribution is 7.05. The van der Waals surface area contributed by atoms with Crippen molar-refractivity contribution >= 4 is 34.9 Å².